The number of aromatic nitrogens is 1. The predicted octanol–water partition coefficient (Wildman–Crippen LogP) is 2.57. The number of hydrogen-bond acceptors (Lipinski definition) is 5. The third kappa shape index (κ3) is 5.37. The van der Waals surface area contributed by atoms with Crippen LogP contribution in [0.2, 0.25) is 0 Å². The second-order valence-electron chi connectivity index (χ2n) is 4.54. The molecule has 2 N–H and O–H groups in total. The first-order valence-corrected chi connectivity index (χ1v) is 7.65. The Hall–Kier alpha value is -2.42. The molecular formula is C14H13F2N3O3S. The largest absolute Gasteiger partial charge is 0.360 e. The number of thioether (sulfide) groups is 1. The monoisotopic (exact) mass is 341 g/mol. The molecule has 1 aromatic carbocycles. The molecule has 0 fully saturated rings. The van der Waals surface area contributed by atoms with Crippen molar-refractivity contribution in [3.63, 3.8) is 0 Å². The Morgan fingerprint density at radius 2 is 1.83 bits per heavy atom. The number of carbonyl (C=O) groups is 2. The first-order chi connectivity index (χ1) is 10.9. The molecule has 9 heteroatoms. The minimum absolute atomic E-state index is 0.00966. The lowest BCUT2D eigenvalue weighted by Crippen LogP contribution is -2.18. The van der Waals surface area contributed by atoms with Crippen molar-refractivity contribution in [2.45, 2.75) is 6.92 Å². The summed E-state index contributed by atoms with van der Waals surface area (Å²) in [5.41, 5.74) is 0.150. The van der Waals surface area contributed by atoms with E-state index in [-0.39, 0.29) is 23.1 Å². The number of nitrogens with zero attached hydrogens (tertiary/aromatic N) is 1. The summed E-state index contributed by atoms with van der Waals surface area (Å²) in [5.74, 6) is -1.88. The van der Waals surface area contributed by atoms with Gasteiger partial charge in [-0.3, -0.25) is 9.59 Å². The Labute approximate surface area is 134 Å². The van der Waals surface area contributed by atoms with E-state index in [2.05, 4.69) is 15.8 Å². The van der Waals surface area contributed by atoms with Gasteiger partial charge in [-0.1, -0.05) is 5.16 Å². The molecule has 122 valence electrons. The molecule has 1 heterocycles. The number of aryl methyl sites for hydroxylation is 1. The van der Waals surface area contributed by atoms with Gasteiger partial charge in [0.15, 0.2) is 17.5 Å². The maximum atomic E-state index is 13.0. The van der Waals surface area contributed by atoms with E-state index in [9.17, 15) is 18.4 Å². The highest BCUT2D eigenvalue weighted by atomic mass is 32.2. The average molecular weight is 341 g/mol. The van der Waals surface area contributed by atoms with Gasteiger partial charge in [0.25, 0.3) is 0 Å². The molecule has 0 atom stereocenters. The van der Waals surface area contributed by atoms with Crippen LogP contribution in [-0.4, -0.2) is 28.5 Å². The fourth-order valence-electron chi connectivity index (χ4n) is 1.61. The van der Waals surface area contributed by atoms with Crippen molar-refractivity contribution in [1.29, 1.82) is 0 Å². The SMILES string of the molecule is Cc1cc(NC(=O)CSCC(=O)Nc2ccc(F)c(F)c2)no1. The summed E-state index contributed by atoms with van der Waals surface area (Å²) in [4.78, 5) is 23.3. The van der Waals surface area contributed by atoms with Crippen LogP contribution in [0.25, 0.3) is 0 Å². The van der Waals surface area contributed by atoms with Gasteiger partial charge < -0.3 is 15.2 Å². The van der Waals surface area contributed by atoms with E-state index in [0.29, 0.717) is 11.6 Å². The molecule has 0 saturated carbocycles. The van der Waals surface area contributed by atoms with Crippen molar-refractivity contribution < 1.29 is 22.9 Å². The van der Waals surface area contributed by atoms with Gasteiger partial charge in [0, 0.05) is 17.8 Å². The van der Waals surface area contributed by atoms with Crippen LogP contribution in [-0.2, 0) is 9.59 Å². The highest BCUT2D eigenvalue weighted by Gasteiger charge is 2.09. The molecule has 0 saturated heterocycles. The zero-order valence-electron chi connectivity index (χ0n) is 12.1. The zero-order chi connectivity index (χ0) is 16.8. The van der Waals surface area contributed by atoms with E-state index < -0.39 is 17.5 Å². The van der Waals surface area contributed by atoms with Crippen LogP contribution in [0.1, 0.15) is 5.76 Å². The van der Waals surface area contributed by atoms with E-state index in [4.69, 9.17) is 4.52 Å². The van der Waals surface area contributed by atoms with Gasteiger partial charge >= 0.3 is 0 Å². The Kier molecular flexibility index (Phi) is 5.69. The summed E-state index contributed by atoms with van der Waals surface area (Å²) in [7, 11) is 0. The Bertz CT molecular complexity index is 721. The number of carbonyl (C=O) groups excluding carboxylic acids is 2. The molecule has 23 heavy (non-hydrogen) atoms. The van der Waals surface area contributed by atoms with Gasteiger partial charge in [0.05, 0.1) is 11.5 Å². The minimum atomic E-state index is -1.04. The molecule has 0 aliphatic rings. The summed E-state index contributed by atoms with van der Waals surface area (Å²) >= 11 is 1.07. The maximum Gasteiger partial charge on any atom is 0.235 e. The van der Waals surface area contributed by atoms with Crippen molar-refractivity contribution in [2.75, 3.05) is 22.1 Å². The lowest BCUT2D eigenvalue weighted by atomic mass is 10.3. The Morgan fingerprint density at radius 3 is 2.43 bits per heavy atom. The minimum Gasteiger partial charge on any atom is -0.360 e. The number of amides is 2. The number of rotatable bonds is 6. The van der Waals surface area contributed by atoms with Gasteiger partial charge in [-0.15, -0.1) is 11.8 Å². The molecule has 0 aliphatic heterocycles. The smallest absolute Gasteiger partial charge is 0.235 e. The topological polar surface area (TPSA) is 84.2 Å². The van der Waals surface area contributed by atoms with Gasteiger partial charge in [-0.25, -0.2) is 8.78 Å². The molecule has 2 amide bonds. The normalized spacial score (nSPS) is 10.4. The Balaban J connectivity index is 1.71. The van der Waals surface area contributed by atoms with Gasteiger partial charge in [-0.05, 0) is 19.1 Å². The predicted molar refractivity (Wildman–Crippen MR) is 82.2 cm³/mol. The Morgan fingerprint density at radius 1 is 1.13 bits per heavy atom. The highest BCUT2D eigenvalue weighted by Crippen LogP contribution is 2.14. The van der Waals surface area contributed by atoms with Gasteiger partial charge in [0.2, 0.25) is 11.8 Å². The number of anilines is 2. The first kappa shape index (κ1) is 16.9. The highest BCUT2D eigenvalue weighted by molar-refractivity contribution is 8.00. The fraction of sp³-hybridized carbons (Fsp3) is 0.214. The summed E-state index contributed by atoms with van der Waals surface area (Å²) in [5, 5.41) is 8.53. The van der Waals surface area contributed by atoms with E-state index in [1.54, 1.807) is 13.0 Å². The molecule has 0 unspecified atom stereocenters. The van der Waals surface area contributed by atoms with Crippen LogP contribution in [0.4, 0.5) is 20.3 Å². The molecule has 0 spiro atoms. The molecule has 2 rings (SSSR count). The third-order valence-corrected chi connectivity index (χ3v) is 3.50. The van der Waals surface area contributed by atoms with E-state index >= 15 is 0 Å². The van der Waals surface area contributed by atoms with E-state index in [1.165, 1.54) is 6.07 Å². The van der Waals surface area contributed by atoms with Crippen LogP contribution in [0.3, 0.4) is 0 Å². The molecule has 6 nitrogen and oxygen atoms in total. The van der Waals surface area contributed by atoms with Crippen molar-refractivity contribution >= 4 is 35.1 Å². The quantitative estimate of drug-likeness (QED) is 0.844. The maximum absolute atomic E-state index is 13.0. The second kappa shape index (κ2) is 7.73. The summed E-state index contributed by atoms with van der Waals surface area (Å²) in [6.45, 7) is 1.69. The first-order valence-electron chi connectivity index (χ1n) is 6.50. The van der Waals surface area contributed by atoms with Crippen molar-refractivity contribution in [3.8, 4) is 0 Å². The summed E-state index contributed by atoms with van der Waals surface area (Å²) in [6, 6.07) is 4.63. The van der Waals surface area contributed by atoms with Crippen LogP contribution in [0.15, 0.2) is 28.8 Å². The van der Waals surface area contributed by atoms with Gasteiger partial charge in [0.1, 0.15) is 5.76 Å². The lowest BCUT2D eigenvalue weighted by molar-refractivity contribution is -0.114. The molecule has 0 aliphatic carbocycles. The van der Waals surface area contributed by atoms with Crippen LogP contribution >= 0.6 is 11.8 Å². The van der Waals surface area contributed by atoms with Crippen LogP contribution in [0, 0.1) is 18.6 Å². The molecule has 2 aromatic rings. The number of hydrogen-bond donors (Lipinski definition) is 2. The molecule has 1 aromatic heterocycles. The van der Waals surface area contributed by atoms with Gasteiger partial charge in [-0.2, -0.15) is 0 Å². The summed E-state index contributed by atoms with van der Waals surface area (Å²) < 4.78 is 30.6. The van der Waals surface area contributed by atoms with Crippen molar-refractivity contribution in [3.05, 3.63) is 41.7 Å². The zero-order valence-corrected chi connectivity index (χ0v) is 12.9. The molecule has 0 radical (unpaired) electrons. The second-order valence-corrected chi connectivity index (χ2v) is 5.53. The number of nitrogens with one attached hydrogen (secondary N) is 2. The lowest BCUT2D eigenvalue weighted by Gasteiger charge is -2.05. The number of halogens is 2. The standard InChI is InChI=1S/C14H13F2N3O3S/c1-8-4-12(19-22-8)18-14(21)7-23-6-13(20)17-9-2-3-10(15)11(16)5-9/h2-5H,6-7H2,1H3,(H,17,20)(H,18,19,21). The number of benzene rings is 1. The molecular weight excluding hydrogens is 328 g/mol. The van der Waals surface area contributed by atoms with Crippen LogP contribution < -0.4 is 10.6 Å². The average Bonchev–Trinajstić information content (AvgIpc) is 2.88. The third-order valence-electron chi connectivity index (χ3n) is 2.57. The molecule has 0 bridgehead atoms. The van der Waals surface area contributed by atoms with E-state index in [0.717, 1.165) is 23.9 Å². The fourth-order valence-corrected chi connectivity index (χ4v) is 2.23. The van der Waals surface area contributed by atoms with Crippen LogP contribution in [0.5, 0.6) is 0 Å². The summed E-state index contributed by atoms with van der Waals surface area (Å²) in [6.07, 6.45) is 0. The van der Waals surface area contributed by atoms with Crippen molar-refractivity contribution in [2.24, 2.45) is 0 Å². The van der Waals surface area contributed by atoms with Crippen molar-refractivity contribution in [1.82, 2.24) is 5.16 Å². The van der Waals surface area contributed by atoms with E-state index in [1.807, 2.05) is 0 Å².